The molecule has 2 aliphatic rings. The number of carbonyl (C=O) groups excluding carboxylic acids is 1. The first-order valence-corrected chi connectivity index (χ1v) is 8.31. The molecule has 1 aliphatic heterocycles. The summed E-state index contributed by atoms with van der Waals surface area (Å²) in [5, 5.41) is 11.7. The topological polar surface area (TPSA) is 76.2 Å². The van der Waals surface area contributed by atoms with Gasteiger partial charge in [-0.05, 0) is 45.6 Å². The number of rotatable bonds is 3. The van der Waals surface area contributed by atoms with Crippen LogP contribution in [0.1, 0.15) is 43.2 Å². The van der Waals surface area contributed by atoms with Crippen LogP contribution in [-0.2, 0) is 11.3 Å². The molecule has 3 heterocycles. The predicted octanol–water partition coefficient (Wildman–Crippen LogP) is 2.26. The molecule has 7 heteroatoms. The number of hydrogen-bond acceptors (Lipinski definition) is 5. The number of aryl methyl sites for hydroxylation is 2. The first-order valence-electron chi connectivity index (χ1n) is 8.31. The Balaban J connectivity index is 1.63. The van der Waals surface area contributed by atoms with Crippen LogP contribution in [0.5, 0.6) is 0 Å². The molecule has 126 valence electrons. The quantitative estimate of drug-likeness (QED) is 0.936. The molecule has 2 aromatic rings. The average Bonchev–Trinajstić information content (AvgIpc) is 3.14. The monoisotopic (exact) mass is 327 g/mol. The lowest BCUT2D eigenvalue weighted by molar-refractivity contribution is -0.118. The van der Waals surface area contributed by atoms with Gasteiger partial charge in [0.05, 0.1) is 24.1 Å². The molecule has 0 spiro atoms. The minimum atomic E-state index is -0.195. The fraction of sp³-hybridized carbons (Fsp3) is 0.471. The van der Waals surface area contributed by atoms with Gasteiger partial charge in [0.2, 0.25) is 0 Å². The summed E-state index contributed by atoms with van der Waals surface area (Å²) in [5.41, 5.74) is 4.03. The van der Waals surface area contributed by atoms with E-state index in [1.807, 2.05) is 31.6 Å². The van der Waals surface area contributed by atoms with Gasteiger partial charge in [-0.3, -0.25) is 14.4 Å². The molecule has 1 atom stereocenters. The Bertz CT molecular complexity index is 806. The molecule has 1 unspecified atom stereocenters. The molecule has 7 nitrogen and oxygen atoms in total. The van der Waals surface area contributed by atoms with E-state index >= 15 is 0 Å². The molecule has 1 amide bonds. The molecule has 2 fully saturated rings. The van der Waals surface area contributed by atoms with Crippen molar-refractivity contribution in [3.05, 3.63) is 40.8 Å². The van der Waals surface area contributed by atoms with Crippen molar-refractivity contribution in [3.8, 4) is 0 Å². The van der Waals surface area contributed by atoms with Crippen molar-refractivity contribution in [1.29, 1.82) is 0 Å². The molecule has 4 rings (SSSR count). The molecule has 1 saturated carbocycles. The van der Waals surface area contributed by atoms with E-state index < -0.39 is 0 Å². The predicted molar refractivity (Wildman–Crippen MR) is 88.3 cm³/mol. The average molecular weight is 327 g/mol. The molecule has 24 heavy (non-hydrogen) atoms. The zero-order valence-electron chi connectivity index (χ0n) is 14.2. The molecule has 0 aromatic carbocycles. The number of carbonyl (C=O) groups is 1. The van der Waals surface area contributed by atoms with Crippen LogP contribution >= 0.6 is 0 Å². The number of hydrogen-bond donors (Lipinski definition) is 1. The zero-order chi connectivity index (χ0) is 16.8. The van der Waals surface area contributed by atoms with Crippen molar-refractivity contribution in [2.24, 2.45) is 0 Å². The molecule has 2 aromatic heterocycles. The zero-order valence-corrected chi connectivity index (χ0v) is 14.2. The van der Waals surface area contributed by atoms with Crippen molar-refractivity contribution in [1.82, 2.24) is 20.3 Å². The van der Waals surface area contributed by atoms with E-state index in [9.17, 15) is 4.79 Å². The number of amides is 1. The van der Waals surface area contributed by atoms with E-state index in [1.165, 1.54) is 12.0 Å². The van der Waals surface area contributed by atoms with Crippen LogP contribution in [0.2, 0.25) is 0 Å². The van der Waals surface area contributed by atoms with E-state index in [2.05, 4.69) is 15.6 Å². The van der Waals surface area contributed by atoms with Crippen LogP contribution in [-0.4, -0.2) is 26.9 Å². The van der Waals surface area contributed by atoms with Crippen LogP contribution in [0.4, 0.5) is 5.69 Å². The van der Waals surface area contributed by atoms with Crippen LogP contribution < -0.4 is 10.2 Å². The third-order valence-corrected chi connectivity index (χ3v) is 4.84. The maximum Gasteiger partial charge on any atom is 0.255 e. The van der Waals surface area contributed by atoms with Gasteiger partial charge in [0, 0.05) is 11.8 Å². The SMILES string of the molecule is Cc1noc(C)c1Cn1cc(N2C(=O)C(C)NC2=C2CCC2)cn1. The minimum Gasteiger partial charge on any atom is -0.361 e. The second-order valence-corrected chi connectivity index (χ2v) is 6.54. The molecule has 1 N–H and O–H groups in total. The molecule has 0 radical (unpaired) electrons. The van der Waals surface area contributed by atoms with Crippen molar-refractivity contribution < 1.29 is 9.32 Å². The number of nitrogens with zero attached hydrogens (tertiary/aromatic N) is 4. The van der Waals surface area contributed by atoms with Gasteiger partial charge in [0.1, 0.15) is 17.6 Å². The lowest BCUT2D eigenvalue weighted by Gasteiger charge is -2.24. The minimum absolute atomic E-state index is 0.0706. The molecular formula is C17H21N5O2. The van der Waals surface area contributed by atoms with Gasteiger partial charge in [-0.25, -0.2) is 0 Å². The van der Waals surface area contributed by atoms with E-state index in [4.69, 9.17) is 4.52 Å². The van der Waals surface area contributed by atoms with E-state index in [0.29, 0.717) is 6.54 Å². The highest BCUT2D eigenvalue weighted by atomic mass is 16.5. The van der Waals surface area contributed by atoms with Crippen molar-refractivity contribution >= 4 is 11.6 Å². The lowest BCUT2D eigenvalue weighted by atomic mass is 9.92. The molecule has 1 aliphatic carbocycles. The van der Waals surface area contributed by atoms with E-state index in [1.54, 1.807) is 11.1 Å². The summed E-state index contributed by atoms with van der Waals surface area (Å²) in [6, 6.07) is -0.195. The Kier molecular flexibility index (Phi) is 3.44. The fourth-order valence-corrected chi connectivity index (χ4v) is 3.19. The summed E-state index contributed by atoms with van der Waals surface area (Å²) in [4.78, 5) is 14.3. The van der Waals surface area contributed by atoms with Crippen LogP contribution in [0.25, 0.3) is 0 Å². The Morgan fingerprint density at radius 1 is 1.38 bits per heavy atom. The van der Waals surface area contributed by atoms with Gasteiger partial charge in [0.15, 0.2) is 0 Å². The van der Waals surface area contributed by atoms with Crippen molar-refractivity contribution in [2.45, 2.75) is 52.6 Å². The number of nitrogens with one attached hydrogen (secondary N) is 1. The third kappa shape index (κ3) is 2.31. The summed E-state index contributed by atoms with van der Waals surface area (Å²) in [7, 11) is 0. The Hall–Kier alpha value is -2.57. The lowest BCUT2D eigenvalue weighted by Crippen LogP contribution is -2.28. The Morgan fingerprint density at radius 2 is 2.17 bits per heavy atom. The normalized spacial score (nSPS) is 20.5. The third-order valence-electron chi connectivity index (χ3n) is 4.84. The van der Waals surface area contributed by atoms with Gasteiger partial charge in [-0.1, -0.05) is 5.16 Å². The van der Waals surface area contributed by atoms with Crippen molar-refractivity contribution in [3.63, 3.8) is 0 Å². The number of allylic oxidation sites excluding steroid dienone is 1. The second kappa shape index (κ2) is 5.51. The highest BCUT2D eigenvalue weighted by Gasteiger charge is 2.36. The maximum atomic E-state index is 12.6. The maximum absolute atomic E-state index is 12.6. The van der Waals surface area contributed by atoms with Gasteiger partial charge in [-0.2, -0.15) is 5.10 Å². The summed E-state index contributed by atoms with van der Waals surface area (Å²) in [6.45, 7) is 6.30. The molecular weight excluding hydrogens is 306 g/mol. The highest BCUT2D eigenvalue weighted by Crippen LogP contribution is 2.34. The first-order chi connectivity index (χ1) is 11.5. The van der Waals surface area contributed by atoms with Gasteiger partial charge >= 0.3 is 0 Å². The number of anilines is 1. The Morgan fingerprint density at radius 3 is 2.79 bits per heavy atom. The Labute approximate surface area is 140 Å². The van der Waals surface area contributed by atoms with E-state index in [0.717, 1.165) is 41.4 Å². The highest BCUT2D eigenvalue weighted by molar-refractivity contribution is 6.02. The van der Waals surface area contributed by atoms with Gasteiger partial charge < -0.3 is 9.84 Å². The first kappa shape index (κ1) is 15.0. The van der Waals surface area contributed by atoms with Crippen LogP contribution in [0.15, 0.2) is 28.3 Å². The molecule has 0 bridgehead atoms. The molecule has 1 saturated heterocycles. The van der Waals surface area contributed by atoms with Crippen LogP contribution in [0.3, 0.4) is 0 Å². The standard InChI is InChI=1S/C17H21N5O2/c1-10-15(12(3)24-20-10)9-21-8-14(7-18-21)22-16(13-5-4-6-13)19-11(2)17(22)23/h7-8,11,19H,4-6,9H2,1-3H3. The largest absolute Gasteiger partial charge is 0.361 e. The number of aromatic nitrogens is 3. The second-order valence-electron chi connectivity index (χ2n) is 6.54. The van der Waals surface area contributed by atoms with Crippen LogP contribution in [0, 0.1) is 13.8 Å². The van der Waals surface area contributed by atoms with Gasteiger partial charge in [0.25, 0.3) is 5.91 Å². The van der Waals surface area contributed by atoms with Gasteiger partial charge in [-0.15, -0.1) is 0 Å². The summed E-state index contributed by atoms with van der Waals surface area (Å²) in [5.74, 6) is 1.83. The van der Waals surface area contributed by atoms with Crippen molar-refractivity contribution in [2.75, 3.05) is 4.90 Å². The fourth-order valence-electron chi connectivity index (χ4n) is 3.19. The smallest absolute Gasteiger partial charge is 0.255 e. The van der Waals surface area contributed by atoms with E-state index in [-0.39, 0.29) is 11.9 Å². The summed E-state index contributed by atoms with van der Waals surface area (Å²) >= 11 is 0. The summed E-state index contributed by atoms with van der Waals surface area (Å²) < 4.78 is 7.02. The summed E-state index contributed by atoms with van der Waals surface area (Å²) in [6.07, 6.45) is 6.97.